The molecule has 0 atom stereocenters. The average molecular weight is 252 g/mol. The number of benzene rings is 1. The van der Waals surface area contributed by atoms with E-state index in [9.17, 15) is 9.90 Å². The summed E-state index contributed by atoms with van der Waals surface area (Å²) in [5.41, 5.74) is 0.946. The molecule has 0 saturated carbocycles. The number of carbonyl (C=O) groups excluding carboxylic acids is 1. The molecule has 1 rings (SSSR count). The van der Waals surface area contributed by atoms with Gasteiger partial charge in [-0.2, -0.15) is 0 Å². The molecule has 5 nitrogen and oxygen atoms in total. The number of amides is 1. The van der Waals surface area contributed by atoms with E-state index in [-0.39, 0.29) is 24.2 Å². The summed E-state index contributed by atoms with van der Waals surface area (Å²) >= 11 is 0. The number of carbonyl (C=O) groups is 1. The van der Waals surface area contributed by atoms with Crippen molar-refractivity contribution in [3.05, 3.63) is 23.8 Å². The highest BCUT2D eigenvalue weighted by atomic mass is 16.5. The molecule has 0 unspecified atom stereocenters. The van der Waals surface area contributed by atoms with Gasteiger partial charge < -0.3 is 20.5 Å². The fraction of sp³-hybridized carbons (Fsp3) is 0.462. The van der Waals surface area contributed by atoms with E-state index in [0.29, 0.717) is 12.3 Å². The van der Waals surface area contributed by atoms with E-state index < -0.39 is 0 Å². The van der Waals surface area contributed by atoms with Crippen molar-refractivity contribution in [3.63, 3.8) is 0 Å². The lowest BCUT2D eigenvalue weighted by Gasteiger charge is -2.10. The highest BCUT2D eigenvalue weighted by Gasteiger charge is 2.04. The Hall–Kier alpha value is -1.75. The Bertz CT molecular complexity index is 405. The van der Waals surface area contributed by atoms with Crippen LogP contribution in [0.3, 0.4) is 0 Å². The monoisotopic (exact) mass is 252 g/mol. The molecule has 0 saturated heterocycles. The second kappa shape index (κ2) is 6.86. The Balaban J connectivity index is 2.42. The number of phenols is 1. The SMILES string of the molecule is COc1cc(CNCC(=O)NC(C)C)ccc1O. The van der Waals surface area contributed by atoms with Crippen LogP contribution in [-0.2, 0) is 11.3 Å². The molecule has 1 amide bonds. The molecular weight excluding hydrogens is 232 g/mol. The molecule has 0 aromatic heterocycles. The van der Waals surface area contributed by atoms with E-state index in [1.54, 1.807) is 18.2 Å². The van der Waals surface area contributed by atoms with Crippen molar-refractivity contribution >= 4 is 5.91 Å². The van der Waals surface area contributed by atoms with E-state index in [1.807, 2.05) is 13.8 Å². The van der Waals surface area contributed by atoms with Crippen LogP contribution < -0.4 is 15.4 Å². The Labute approximate surface area is 107 Å². The molecule has 18 heavy (non-hydrogen) atoms. The Kier molecular flexibility index (Phi) is 5.45. The third-order valence-electron chi connectivity index (χ3n) is 2.31. The molecule has 0 fully saturated rings. The topological polar surface area (TPSA) is 70.6 Å². The second-order valence-corrected chi connectivity index (χ2v) is 4.33. The van der Waals surface area contributed by atoms with Gasteiger partial charge in [-0.1, -0.05) is 6.07 Å². The Morgan fingerprint density at radius 3 is 2.78 bits per heavy atom. The normalized spacial score (nSPS) is 10.4. The summed E-state index contributed by atoms with van der Waals surface area (Å²) in [7, 11) is 1.50. The number of aromatic hydroxyl groups is 1. The second-order valence-electron chi connectivity index (χ2n) is 4.33. The minimum Gasteiger partial charge on any atom is -0.504 e. The lowest BCUT2D eigenvalue weighted by Crippen LogP contribution is -2.37. The zero-order valence-electron chi connectivity index (χ0n) is 11.0. The van der Waals surface area contributed by atoms with Crippen LogP contribution in [-0.4, -0.2) is 30.7 Å². The number of hydrogen-bond acceptors (Lipinski definition) is 4. The molecule has 0 spiro atoms. The predicted octanol–water partition coefficient (Wildman–Crippen LogP) is 1.01. The molecule has 0 aliphatic rings. The van der Waals surface area contributed by atoms with Gasteiger partial charge >= 0.3 is 0 Å². The van der Waals surface area contributed by atoms with Gasteiger partial charge in [0.25, 0.3) is 0 Å². The lowest BCUT2D eigenvalue weighted by atomic mass is 10.2. The van der Waals surface area contributed by atoms with Crippen LogP contribution in [0, 0.1) is 0 Å². The van der Waals surface area contributed by atoms with Crippen molar-refractivity contribution in [2.24, 2.45) is 0 Å². The van der Waals surface area contributed by atoms with Gasteiger partial charge in [-0.05, 0) is 31.5 Å². The standard InChI is InChI=1S/C13H20N2O3/c1-9(2)15-13(17)8-14-7-10-4-5-11(16)12(6-10)18-3/h4-6,9,14,16H,7-8H2,1-3H3,(H,15,17). The maximum Gasteiger partial charge on any atom is 0.234 e. The van der Waals surface area contributed by atoms with Gasteiger partial charge in [0.05, 0.1) is 13.7 Å². The largest absolute Gasteiger partial charge is 0.504 e. The number of ether oxygens (including phenoxy) is 1. The predicted molar refractivity (Wildman–Crippen MR) is 69.6 cm³/mol. The molecule has 0 radical (unpaired) electrons. The Morgan fingerprint density at radius 1 is 1.44 bits per heavy atom. The van der Waals surface area contributed by atoms with Gasteiger partial charge in [-0.3, -0.25) is 4.79 Å². The highest BCUT2D eigenvalue weighted by Crippen LogP contribution is 2.25. The quantitative estimate of drug-likeness (QED) is 0.707. The summed E-state index contributed by atoms with van der Waals surface area (Å²) < 4.78 is 5.01. The van der Waals surface area contributed by atoms with Crippen molar-refractivity contribution in [1.29, 1.82) is 0 Å². The summed E-state index contributed by atoms with van der Waals surface area (Å²) in [6.07, 6.45) is 0. The van der Waals surface area contributed by atoms with Crippen LogP contribution in [0.2, 0.25) is 0 Å². The van der Waals surface area contributed by atoms with Gasteiger partial charge in [0.15, 0.2) is 11.5 Å². The molecule has 5 heteroatoms. The van der Waals surface area contributed by atoms with Gasteiger partial charge in [-0.25, -0.2) is 0 Å². The maximum atomic E-state index is 11.4. The summed E-state index contributed by atoms with van der Waals surface area (Å²) in [6, 6.07) is 5.24. The van der Waals surface area contributed by atoms with E-state index in [1.165, 1.54) is 7.11 Å². The lowest BCUT2D eigenvalue weighted by molar-refractivity contribution is -0.120. The van der Waals surface area contributed by atoms with Crippen molar-refractivity contribution in [1.82, 2.24) is 10.6 Å². The van der Waals surface area contributed by atoms with Crippen molar-refractivity contribution in [2.75, 3.05) is 13.7 Å². The van der Waals surface area contributed by atoms with Crippen LogP contribution in [0.15, 0.2) is 18.2 Å². The molecule has 0 heterocycles. The van der Waals surface area contributed by atoms with E-state index in [2.05, 4.69) is 10.6 Å². The van der Waals surface area contributed by atoms with Crippen LogP contribution >= 0.6 is 0 Å². The van der Waals surface area contributed by atoms with Crippen molar-refractivity contribution < 1.29 is 14.6 Å². The first-order chi connectivity index (χ1) is 8.52. The maximum absolute atomic E-state index is 11.4. The van der Waals surface area contributed by atoms with Gasteiger partial charge in [0.1, 0.15) is 0 Å². The van der Waals surface area contributed by atoms with Crippen LogP contribution in [0.5, 0.6) is 11.5 Å². The fourth-order valence-corrected chi connectivity index (χ4v) is 1.53. The van der Waals surface area contributed by atoms with Crippen LogP contribution in [0.25, 0.3) is 0 Å². The summed E-state index contributed by atoms with van der Waals surface area (Å²) in [6.45, 7) is 4.65. The third kappa shape index (κ3) is 4.63. The molecule has 3 N–H and O–H groups in total. The molecule has 1 aromatic rings. The van der Waals surface area contributed by atoms with Crippen molar-refractivity contribution in [2.45, 2.75) is 26.4 Å². The molecular formula is C13H20N2O3. The summed E-state index contributed by atoms with van der Waals surface area (Å²) in [5.74, 6) is 0.510. The van der Waals surface area contributed by atoms with Crippen molar-refractivity contribution in [3.8, 4) is 11.5 Å². The third-order valence-corrected chi connectivity index (χ3v) is 2.31. The number of hydrogen-bond donors (Lipinski definition) is 3. The zero-order chi connectivity index (χ0) is 13.5. The molecule has 100 valence electrons. The fourth-order valence-electron chi connectivity index (χ4n) is 1.53. The number of methoxy groups -OCH3 is 1. The minimum atomic E-state index is -0.0317. The minimum absolute atomic E-state index is 0.0317. The van der Waals surface area contributed by atoms with Crippen LogP contribution in [0.1, 0.15) is 19.4 Å². The van der Waals surface area contributed by atoms with Gasteiger partial charge in [0.2, 0.25) is 5.91 Å². The number of phenolic OH excluding ortho intramolecular Hbond substituents is 1. The van der Waals surface area contributed by atoms with Crippen LogP contribution in [0.4, 0.5) is 0 Å². The summed E-state index contributed by atoms with van der Waals surface area (Å²) in [4.78, 5) is 11.4. The number of rotatable bonds is 6. The smallest absolute Gasteiger partial charge is 0.234 e. The van der Waals surface area contributed by atoms with Gasteiger partial charge in [0, 0.05) is 12.6 Å². The number of nitrogens with one attached hydrogen (secondary N) is 2. The zero-order valence-corrected chi connectivity index (χ0v) is 11.0. The van der Waals surface area contributed by atoms with Gasteiger partial charge in [-0.15, -0.1) is 0 Å². The molecule has 1 aromatic carbocycles. The summed E-state index contributed by atoms with van der Waals surface area (Å²) in [5, 5.41) is 15.3. The highest BCUT2D eigenvalue weighted by molar-refractivity contribution is 5.78. The van der Waals surface area contributed by atoms with E-state index in [4.69, 9.17) is 4.74 Å². The first-order valence-corrected chi connectivity index (χ1v) is 5.89. The van der Waals surface area contributed by atoms with E-state index in [0.717, 1.165) is 5.56 Å². The molecule has 0 aliphatic carbocycles. The first kappa shape index (κ1) is 14.3. The first-order valence-electron chi connectivity index (χ1n) is 5.89. The molecule has 0 aliphatic heterocycles. The van der Waals surface area contributed by atoms with E-state index >= 15 is 0 Å². The molecule has 0 bridgehead atoms. The average Bonchev–Trinajstić information content (AvgIpc) is 2.30. The Morgan fingerprint density at radius 2 is 2.17 bits per heavy atom.